The SMILES string of the molecule is CCn1c(CN)nnc1C(C)(CC)OC. The van der Waals surface area contributed by atoms with E-state index in [9.17, 15) is 0 Å². The van der Waals surface area contributed by atoms with Crippen LogP contribution in [0.25, 0.3) is 0 Å². The van der Waals surface area contributed by atoms with Crippen LogP contribution in [-0.4, -0.2) is 21.9 Å². The number of aromatic nitrogens is 3. The van der Waals surface area contributed by atoms with E-state index < -0.39 is 0 Å². The second-order valence-corrected chi connectivity index (χ2v) is 3.68. The highest BCUT2D eigenvalue weighted by Gasteiger charge is 2.30. The zero-order valence-corrected chi connectivity index (χ0v) is 9.95. The molecule has 0 saturated carbocycles. The van der Waals surface area contributed by atoms with E-state index in [1.165, 1.54) is 0 Å². The molecule has 0 aromatic carbocycles. The number of rotatable bonds is 5. The third-order valence-electron chi connectivity index (χ3n) is 2.92. The first-order valence-corrected chi connectivity index (χ1v) is 5.30. The summed E-state index contributed by atoms with van der Waals surface area (Å²) in [5.74, 6) is 1.67. The zero-order chi connectivity index (χ0) is 11.5. The van der Waals surface area contributed by atoms with Crippen molar-refractivity contribution in [2.45, 2.75) is 45.9 Å². The van der Waals surface area contributed by atoms with Gasteiger partial charge >= 0.3 is 0 Å². The molecule has 1 unspecified atom stereocenters. The molecular weight excluding hydrogens is 192 g/mol. The Bertz CT molecular complexity index is 317. The summed E-state index contributed by atoms with van der Waals surface area (Å²) in [5.41, 5.74) is 5.22. The predicted molar refractivity (Wildman–Crippen MR) is 58.2 cm³/mol. The van der Waals surface area contributed by atoms with Crippen molar-refractivity contribution in [3.8, 4) is 0 Å². The van der Waals surface area contributed by atoms with E-state index in [-0.39, 0.29) is 5.60 Å². The smallest absolute Gasteiger partial charge is 0.165 e. The zero-order valence-electron chi connectivity index (χ0n) is 9.95. The van der Waals surface area contributed by atoms with E-state index in [1.54, 1.807) is 7.11 Å². The van der Waals surface area contributed by atoms with E-state index in [0.29, 0.717) is 6.54 Å². The van der Waals surface area contributed by atoms with Gasteiger partial charge in [0.1, 0.15) is 11.4 Å². The van der Waals surface area contributed by atoms with Gasteiger partial charge in [0.2, 0.25) is 0 Å². The Kier molecular flexibility index (Phi) is 3.82. The minimum absolute atomic E-state index is 0.379. The topological polar surface area (TPSA) is 66.0 Å². The summed E-state index contributed by atoms with van der Waals surface area (Å²) < 4.78 is 7.53. The van der Waals surface area contributed by atoms with E-state index in [2.05, 4.69) is 24.0 Å². The number of nitrogens with zero attached hydrogens (tertiary/aromatic N) is 3. The summed E-state index contributed by atoms with van der Waals surface area (Å²) in [6.45, 7) is 7.36. The van der Waals surface area contributed by atoms with Crippen LogP contribution in [0.4, 0.5) is 0 Å². The van der Waals surface area contributed by atoms with Crippen molar-refractivity contribution < 1.29 is 4.74 Å². The third kappa shape index (κ3) is 2.03. The van der Waals surface area contributed by atoms with Gasteiger partial charge in [0.05, 0.1) is 6.54 Å². The normalized spacial score (nSPS) is 15.3. The molecular formula is C10H20N4O. The van der Waals surface area contributed by atoms with E-state index in [0.717, 1.165) is 24.6 Å². The quantitative estimate of drug-likeness (QED) is 0.791. The fourth-order valence-corrected chi connectivity index (χ4v) is 1.60. The summed E-state index contributed by atoms with van der Waals surface area (Å²) in [6.07, 6.45) is 0.853. The van der Waals surface area contributed by atoms with Gasteiger partial charge in [0, 0.05) is 13.7 Å². The van der Waals surface area contributed by atoms with Crippen LogP contribution in [0.15, 0.2) is 0 Å². The standard InChI is InChI=1S/C10H20N4O/c1-5-10(3,15-4)9-13-12-8(7-11)14(9)6-2/h5-7,11H2,1-4H3. The largest absolute Gasteiger partial charge is 0.371 e. The second kappa shape index (κ2) is 4.72. The average Bonchev–Trinajstić information content (AvgIpc) is 2.71. The van der Waals surface area contributed by atoms with Crippen molar-refractivity contribution in [3.05, 3.63) is 11.6 Å². The van der Waals surface area contributed by atoms with Gasteiger partial charge in [-0.15, -0.1) is 10.2 Å². The van der Waals surface area contributed by atoms with Gasteiger partial charge in [0.15, 0.2) is 5.82 Å². The van der Waals surface area contributed by atoms with Gasteiger partial charge in [-0.2, -0.15) is 0 Å². The summed E-state index contributed by atoms with van der Waals surface area (Å²) in [5, 5.41) is 8.25. The highest BCUT2D eigenvalue weighted by molar-refractivity contribution is 5.05. The first-order valence-electron chi connectivity index (χ1n) is 5.30. The van der Waals surface area contributed by atoms with Crippen molar-refractivity contribution in [3.63, 3.8) is 0 Å². The molecule has 1 heterocycles. The monoisotopic (exact) mass is 212 g/mol. The Morgan fingerprint density at radius 3 is 2.47 bits per heavy atom. The first-order chi connectivity index (χ1) is 7.12. The Morgan fingerprint density at radius 1 is 1.40 bits per heavy atom. The molecule has 1 atom stereocenters. The highest BCUT2D eigenvalue weighted by atomic mass is 16.5. The Balaban J connectivity index is 3.18. The molecule has 0 aliphatic carbocycles. The average molecular weight is 212 g/mol. The fourth-order valence-electron chi connectivity index (χ4n) is 1.60. The van der Waals surface area contributed by atoms with Crippen LogP contribution in [0.5, 0.6) is 0 Å². The summed E-state index contributed by atoms with van der Waals surface area (Å²) in [7, 11) is 1.69. The molecule has 0 amide bonds. The van der Waals surface area contributed by atoms with E-state index in [1.807, 2.05) is 11.5 Å². The maximum absolute atomic E-state index is 5.60. The van der Waals surface area contributed by atoms with Crippen molar-refractivity contribution in [1.82, 2.24) is 14.8 Å². The lowest BCUT2D eigenvalue weighted by atomic mass is 10.0. The highest BCUT2D eigenvalue weighted by Crippen LogP contribution is 2.26. The maximum Gasteiger partial charge on any atom is 0.165 e. The Hall–Kier alpha value is -0.940. The lowest BCUT2D eigenvalue weighted by Gasteiger charge is -2.26. The Morgan fingerprint density at radius 2 is 2.07 bits per heavy atom. The molecule has 0 fully saturated rings. The van der Waals surface area contributed by atoms with Gasteiger partial charge < -0.3 is 15.0 Å². The summed E-state index contributed by atoms with van der Waals surface area (Å²) in [4.78, 5) is 0. The molecule has 15 heavy (non-hydrogen) atoms. The van der Waals surface area contributed by atoms with Crippen LogP contribution in [0.2, 0.25) is 0 Å². The molecule has 0 aliphatic rings. The lowest BCUT2D eigenvalue weighted by Crippen LogP contribution is -2.28. The van der Waals surface area contributed by atoms with Gasteiger partial charge in [-0.1, -0.05) is 6.92 Å². The molecule has 1 aromatic heterocycles. The lowest BCUT2D eigenvalue weighted by molar-refractivity contribution is -0.0121. The van der Waals surface area contributed by atoms with Gasteiger partial charge in [-0.25, -0.2) is 0 Å². The molecule has 2 N–H and O–H groups in total. The number of ether oxygens (including phenoxy) is 1. The van der Waals surface area contributed by atoms with Gasteiger partial charge in [0.25, 0.3) is 0 Å². The minimum atomic E-state index is -0.379. The molecule has 0 bridgehead atoms. The molecule has 1 rings (SSSR count). The molecule has 1 aromatic rings. The number of hydrogen-bond acceptors (Lipinski definition) is 4. The Labute approximate surface area is 90.6 Å². The molecule has 5 nitrogen and oxygen atoms in total. The van der Waals surface area contributed by atoms with Crippen LogP contribution >= 0.6 is 0 Å². The molecule has 5 heteroatoms. The summed E-state index contributed by atoms with van der Waals surface area (Å²) >= 11 is 0. The van der Waals surface area contributed by atoms with Gasteiger partial charge in [-0.3, -0.25) is 0 Å². The van der Waals surface area contributed by atoms with E-state index >= 15 is 0 Å². The first kappa shape index (κ1) is 12.1. The van der Waals surface area contributed by atoms with Crippen molar-refractivity contribution in [2.24, 2.45) is 5.73 Å². The molecule has 0 spiro atoms. The molecule has 0 saturated heterocycles. The number of methoxy groups -OCH3 is 1. The molecule has 0 radical (unpaired) electrons. The van der Waals surface area contributed by atoms with Crippen LogP contribution in [0.3, 0.4) is 0 Å². The van der Waals surface area contributed by atoms with Crippen LogP contribution in [0, 0.1) is 0 Å². The van der Waals surface area contributed by atoms with Crippen LogP contribution in [-0.2, 0) is 23.4 Å². The minimum Gasteiger partial charge on any atom is -0.371 e. The van der Waals surface area contributed by atoms with Crippen molar-refractivity contribution in [1.29, 1.82) is 0 Å². The van der Waals surface area contributed by atoms with Crippen LogP contribution in [0.1, 0.15) is 38.8 Å². The fraction of sp³-hybridized carbons (Fsp3) is 0.800. The number of hydrogen-bond donors (Lipinski definition) is 1. The third-order valence-corrected chi connectivity index (χ3v) is 2.92. The second-order valence-electron chi connectivity index (χ2n) is 3.68. The van der Waals surface area contributed by atoms with E-state index in [4.69, 9.17) is 10.5 Å². The van der Waals surface area contributed by atoms with Gasteiger partial charge in [-0.05, 0) is 20.3 Å². The molecule has 86 valence electrons. The van der Waals surface area contributed by atoms with Crippen molar-refractivity contribution >= 4 is 0 Å². The van der Waals surface area contributed by atoms with Crippen LogP contribution < -0.4 is 5.73 Å². The maximum atomic E-state index is 5.60. The molecule has 0 aliphatic heterocycles. The van der Waals surface area contributed by atoms with Crippen molar-refractivity contribution in [2.75, 3.05) is 7.11 Å². The number of nitrogens with two attached hydrogens (primary N) is 1. The summed E-state index contributed by atoms with van der Waals surface area (Å²) in [6, 6.07) is 0. The predicted octanol–water partition coefficient (Wildman–Crippen LogP) is 1.03.